The zero-order chi connectivity index (χ0) is 27.4. The van der Waals surface area contributed by atoms with Crippen LogP contribution >= 0.6 is 27.5 Å². The second kappa shape index (κ2) is 11.8. The van der Waals surface area contributed by atoms with Gasteiger partial charge in [-0.25, -0.2) is 9.37 Å². The first-order valence-corrected chi connectivity index (χ1v) is 13.3. The van der Waals surface area contributed by atoms with Crippen LogP contribution in [0.2, 0.25) is 5.02 Å². The molecule has 0 aliphatic heterocycles. The van der Waals surface area contributed by atoms with E-state index in [1.807, 2.05) is 43.3 Å². The highest BCUT2D eigenvalue weighted by Crippen LogP contribution is 2.42. The van der Waals surface area contributed by atoms with Gasteiger partial charge in [0.25, 0.3) is 5.56 Å². The number of rotatable bonds is 8. The van der Waals surface area contributed by atoms with Crippen LogP contribution in [0.15, 0.2) is 99.3 Å². The summed E-state index contributed by atoms with van der Waals surface area (Å²) in [5.41, 5.74) is 1.93. The molecule has 9 heteroatoms. The molecule has 0 bridgehead atoms. The number of para-hydroxylation sites is 1. The molecule has 196 valence electrons. The largest absolute Gasteiger partial charge is 0.490 e. The number of aromatic nitrogens is 2. The summed E-state index contributed by atoms with van der Waals surface area (Å²) in [6.45, 7) is 2.14. The van der Waals surface area contributed by atoms with E-state index in [0.717, 1.165) is 5.56 Å². The van der Waals surface area contributed by atoms with Crippen LogP contribution in [-0.4, -0.2) is 22.5 Å². The first-order valence-electron chi connectivity index (χ1n) is 12.1. The smallest absolute Gasteiger partial charge is 0.282 e. The van der Waals surface area contributed by atoms with Crippen molar-refractivity contribution in [2.24, 2.45) is 5.10 Å². The Morgan fingerprint density at radius 2 is 1.74 bits per heavy atom. The van der Waals surface area contributed by atoms with Crippen LogP contribution in [-0.2, 0) is 6.61 Å². The van der Waals surface area contributed by atoms with Gasteiger partial charge >= 0.3 is 0 Å². The van der Waals surface area contributed by atoms with Crippen molar-refractivity contribution in [2.45, 2.75) is 13.5 Å². The molecule has 1 heterocycles. The first kappa shape index (κ1) is 26.6. The van der Waals surface area contributed by atoms with Gasteiger partial charge in [-0.3, -0.25) is 4.79 Å². The third-order valence-corrected chi connectivity index (χ3v) is 7.33. The van der Waals surface area contributed by atoms with E-state index in [-0.39, 0.29) is 28.8 Å². The zero-order valence-electron chi connectivity index (χ0n) is 20.8. The molecule has 0 atom stereocenters. The standard InChI is InChI=1S/C30H22BrClFN3O3/c1-2-38-25-16-21(26(31)27(32)28(25)39-18-20-12-6-8-14-23(20)33)17-34-36-29(19-10-4-3-5-11-19)35-24-15-9-7-13-22(24)30(36)37/h3-17H,2,18H2,1H3. The van der Waals surface area contributed by atoms with Gasteiger partial charge in [-0.1, -0.05) is 72.3 Å². The minimum Gasteiger partial charge on any atom is -0.490 e. The third kappa shape index (κ3) is 5.57. The normalized spacial score (nSPS) is 11.3. The Morgan fingerprint density at radius 1 is 1.03 bits per heavy atom. The van der Waals surface area contributed by atoms with Crippen molar-refractivity contribution in [3.63, 3.8) is 0 Å². The zero-order valence-corrected chi connectivity index (χ0v) is 23.1. The predicted molar refractivity (Wildman–Crippen MR) is 155 cm³/mol. The lowest BCUT2D eigenvalue weighted by atomic mass is 10.2. The minimum atomic E-state index is -0.377. The number of benzene rings is 4. The van der Waals surface area contributed by atoms with Crippen molar-refractivity contribution < 1.29 is 13.9 Å². The van der Waals surface area contributed by atoms with Crippen LogP contribution in [0, 0.1) is 5.82 Å². The number of fused-ring (bicyclic) bond motifs is 1. The van der Waals surface area contributed by atoms with Crippen LogP contribution in [0.1, 0.15) is 18.1 Å². The first-order chi connectivity index (χ1) is 19.0. The fraction of sp³-hybridized carbons (Fsp3) is 0.100. The van der Waals surface area contributed by atoms with E-state index in [9.17, 15) is 9.18 Å². The van der Waals surface area contributed by atoms with Crippen molar-refractivity contribution in [3.05, 3.63) is 122 Å². The second-order valence-electron chi connectivity index (χ2n) is 8.41. The lowest BCUT2D eigenvalue weighted by Gasteiger charge is -2.16. The molecule has 4 aromatic carbocycles. The summed E-state index contributed by atoms with van der Waals surface area (Å²) in [5.74, 6) is 0.641. The highest BCUT2D eigenvalue weighted by Gasteiger charge is 2.19. The van der Waals surface area contributed by atoms with Crippen LogP contribution in [0.5, 0.6) is 11.5 Å². The molecule has 0 amide bonds. The molecule has 5 aromatic rings. The van der Waals surface area contributed by atoms with E-state index in [2.05, 4.69) is 21.0 Å². The van der Waals surface area contributed by atoms with Gasteiger partial charge in [0, 0.05) is 21.2 Å². The summed E-state index contributed by atoms with van der Waals surface area (Å²) in [4.78, 5) is 18.2. The van der Waals surface area contributed by atoms with E-state index in [1.165, 1.54) is 17.0 Å². The van der Waals surface area contributed by atoms with E-state index in [0.29, 0.717) is 44.7 Å². The quantitative estimate of drug-likeness (QED) is 0.172. The van der Waals surface area contributed by atoms with E-state index < -0.39 is 0 Å². The molecule has 0 saturated carbocycles. The van der Waals surface area contributed by atoms with E-state index in [4.69, 9.17) is 26.1 Å². The Morgan fingerprint density at radius 3 is 2.51 bits per heavy atom. The fourth-order valence-electron chi connectivity index (χ4n) is 3.99. The maximum atomic E-state index is 14.1. The Bertz CT molecular complexity index is 1740. The van der Waals surface area contributed by atoms with Gasteiger partial charge < -0.3 is 9.47 Å². The molecule has 0 unspecified atom stereocenters. The topological polar surface area (TPSA) is 65.7 Å². The summed E-state index contributed by atoms with van der Waals surface area (Å²) >= 11 is 10.2. The predicted octanol–water partition coefficient (Wildman–Crippen LogP) is 7.48. The van der Waals surface area contributed by atoms with E-state index in [1.54, 1.807) is 42.5 Å². The van der Waals surface area contributed by atoms with Gasteiger partial charge in [-0.2, -0.15) is 9.78 Å². The number of halogens is 3. The van der Waals surface area contributed by atoms with Crippen molar-refractivity contribution in [1.82, 2.24) is 9.66 Å². The summed E-state index contributed by atoms with van der Waals surface area (Å²) in [7, 11) is 0. The monoisotopic (exact) mass is 605 g/mol. The molecule has 0 aliphatic carbocycles. The fourth-order valence-corrected chi connectivity index (χ4v) is 4.64. The van der Waals surface area contributed by atoms with Gasteiger partial charge in [0.15, 0.2) is 17.3 Å². The molecule has 0 N–H and O–H groups in total. The maximum Gasteiger partial charge on any atom is 0.282 e. The Balaban J connectivity index is 1.58. The Hall–Kier alpha value is -4.01. The van der Waals surface area contributed by atoms with Crippen molar-refractivity contribution in [3.8, 4) is 22.9 Å². The van der Waals surface area contributed by atoms with Crippen molar-refractivity contribution in [1.29, 1.82) is 0 Å². The molecule has 0 saturated heterocycles. The molecule has 0 spiro atoms. The number of hydrogen-bond donors (Lipinski definition) is 0. The summed E-state index contributed by atoms with van der Waals surface area (Å²) in [6.07, 6.45) is 1.50. The maximum absolute atomic E-state index is 14.1. The minimum absolute atomic E-state index is 0.0368. The lowest BCUT2D eigenvalue weighted by molar-refractivity contribution is 0.266. The van der Waals surface area contributed by atoms with Gasteiger partial charge in [0.1, 0.15) is 17.4 Å². The molecule has 6 nitrogen and oxygen atoms in total. The van der Waals surface area contributed by atoms with Crippen molar-refractivity contribution >= 4 is 44.6 Å². The highest BCUT2D eigenvalue weighted by atomic mass is 79.9. The third-order valence-electron chi connectivity index (χ3n) is 5.88. The SMILES string of the molecule is CCOc1cc(C=Nn2c(-c3ccccc3)nc3ccccc3c2=O)c(Br)c(Cl)c1OCc1ccccc1F. The average molecular weight is 607 g/mol. The molecule has 0 aliphatic rings. The van der Waals surface area contributed by atoms with Crippen LogP contribution in [0.4, 0.5) is 4.39 Å². The summed E-state index contributed by atoms with van der Waals surface area (Å²) in [5, 5.41) is 5.19. The Labute approximate surface area is 237 Å². The highest BCUT2D eigenvalue weighted by molar-refractivity contribution is 9.10. The average Bonchev–Trinajstić information content (AvgIpc) is 2.96. The second-order valence-corrected chi connectivity index (χ2v) is 9.59. The molecule has 5 rings (SSSR count). The molecular weight excluding hydrogens is 585 g/mol. The molecule has 0 radical (unpaired) electrons. The molecule has 1 aromatic heterocycles. The van der Waals surface area contributed by atoms with Gasteiger partial charge in [-0.05, 0) is 47.1 Å². The van der Waals surface area contributed by atoms with Gasteiger partial charge in [-0.15, -0.1) is 0 Å². The van der Waals surface area contributed by atoms with Crippen LogP contribution in [0.25, 0.3) is 22.3 Å². The van der Waals surface area contributed by atoms with Crippen LogP contribution in [0.3, 0.4) is 0 Å². The van der Waals surface area contributed by atoms with Crippen molar-refractivity contribution in [2.75, 3.05) is 6.61 Å². The Kier molecular flexibility index (Phi) is 8.05. The number of nitrogens with zero attached hydrogens (tertiary/aromatic N) is 3. The number of ether oxygens (including phenoxy) is 2. The lowest BCUT2D eigenvalue weighted by Crippen LogP contribution is -2.20. The molecular formula is C30H22BrClFN3O3. The summed E-state index contributed by atoms with van der Waals surface area (Å²) in [6, 6.07) is 24.5. The summed E-state index contributed by atoms with van der Waals surface area (Å²) < 4.78 is 27.6. The molecule has 39 heavy (non-hydrogen) atoms. The molecule has 0 fully saturated rings. The van der Waals surface area contributed by atoms with Gasteiger partial charge in [0.05, 0.1) is 23.7 Å². The number of hydrogen-bond acceptors (Lipinski definition) is 5. The van der Waals surface area contributed by atoms with E-state index >= 15 is 0 Å². The van der Waals surface area contributed by atoms with Gasteiger partial charge in [0.2, 0.25) is 0 Å². The van der Waals surface area contributed by atoms with Crippen LogP contribution < -0.4 is 15.0 Å².